The van der Waals surface area contributed by atoms with Gasteiger partial charge in [0.25, 0.3) is 0 Å². The normalized spacial score (nSPS) is 12.8. The quantitative estimate of drug-likeness (QED) is 0.0262. The Labute approximate surface area is 419 Å². The van der Waals surface area contributed by atoms with Crippen LogP contribution in [0, 0.1) is 0 Å². The lowest BCUT2D eigenvalue weighted by atomic mass is 10.0. The minimum absolute atomic E-state index is 0.100. The molecule has 0 spiro atoms. The number of rotatable bonds is 50. The molecule has 0 aromatic heterocycles. The molecular weight excluding hydrogens is 841 g/mol. The first-order valence-electron chi connectivity index (χ1n) is 28.2. The van der Waals surface area contributed by atoms with Gasteiger partial charge in [-0.3, -0.25) is 14.4 Å². The van der Waals surface area contributed by atoms with Crippen molar-refractivity contribution in [3.63, 3.8) is 0 Å². The van der Waals surface area contributed by atoms with Crippen molar-refractivity contribution in [2.45, 2.75) is 264 Å². The molecular formula is C62H104O6. The number of allylic oxidation sites excluding steroid dienone is 16. The second-order valence-corrected chi connectivity index (χ2v) is 18.4. The van der Waals surface area contributed by atoms with Crippen molar-refractivity contribution < 1.29 is 28.6 Å². The molecule has 0 aromatic carbocycles. The van der Waals surface area contributed by atoms with Gasteiger partial charge >= 0.3 is 17.9 Å². The monoisotopic (exact) mass is 945 g/mol. The fourth-order valence-corrected chi connectivity index (χ4v) is 7.68. The Morgan fingerprint density at radius 2 is 0.603 bits per heavy atom. The van der Waals surface area contributed by atoms with Crippen LogP contribution in [0.3, 0.4) is 0 Å². The van der Waals surface area contributed by atoms with Gasteiger partial charge in [0.1, 0.15) is 13.2 Å². The van der Waals surface area contributed by atoms with E-state index in [9.17, 15) is 14.4 Å². The van der Waals surface area contributed by atoms with E-state index in [2.05, 4.69) is 112 Å². The maximum atomic E-state index is 12.8. The molecule has 0 heterocycles. The smallest absolute Gasteiger partial charge is 0.306 e. The number of carbonyl (C=O) groups excluding carboxylic acids is 3. The fourth-order valence-electron chi connectivity index (χ4n) is 7.68. The molecule has 1 unspecified atom stereocenters. The Balaban J connectivity index is 4.37. The zero-order chi connectivity index (χ0) is 49.3. The number of carbonyl (C=O) groups is 3. The first-order valence-corrected chi connectivity index (χ1v) is 28.2. The summed E-state index contributed by atoms with van der Waals surface area (Å²) in [5.41, 5.74) is 0. The zero-order valence-corrected chi connectivity index (χ0v) is 44.3. The minimum Gasteiger partial charge on any atom is -0.462 e. The molecule has 0 aromatic rings. The average molecular weight is 946 g/mol. The third-order valence-electron chi connectivity index (χ3n) is 11.8. The van der Waals surface area contributed by atoms with Crippen LogP contribution in [0.15, 0.2) is 97.2 Å². The van der Waals surface area contributed by atoms with E-state index in [1.165, 1.54) is 122 Å². The van der Waals surface area contributed by atoms with Crippen LogP contribution in [0.1, 0.15) is 258 Å². The Kier molecular flexibility index (Phi) is 52.9. The number of ether oxygens (including phenoxy) is 3. The summed E-state index contributed by atoms with van der Waals surface area (Å²) in [5, 5.41) is 0. The van der Waals surface area contributed by atoms with Gasteiger partial charge in [-0.05, 0) is 83.5 Å². The molecule has 0 aliphatic heterocycles. The summed E-state index contributed by atoms with van der Waals surface area (Å²) >= 11 is 0. The predicted molar refractivity (Wildman–Crippen MR) is 293 cm³/mol. The van der Waals surface area contributed by atoms with Gasteiger partial charge in [0.2, 0.25) is 0 Å². The number of hydrogen-bond acceptors (Lipinski definition) is 6. The highest BCUT2D eigenvalue weighted by Gasteiger charge is 2.19. The highest BCUT2D eigenvalue weighted by Crippen LogP contribution is 2.15. The van der Waals surface area contributed by atoms with Crippen LogP contribution in [0.25, 0.3) is 0 Å². The molecule has 0 saturated heterocycles. The molecule has 0 bridgehead atoms. The first-order chi connectivity index (χ1) is 33.5. The van der Waals surface area contributed by atoms with Gasteiger partial charge in [-0.15, -0.1) is 0 Å². The average Bonchev–Trinajstić information content (AvgIpc) is 3.34. The lowest BCUT2D eigenvalue weighted by molar-refractivity contribution is -0.166. The van der Waals surface area contributed by atoms with E-state index >= 15 is 0 Å². The number of hydrogen-bond donors (Lipinski definition) is 0. The van der Waals surface area contributed by atoms with E-state index in [-0.39, 0.29) is 37.5 Å². The predicted octanol–water partition coefficient (Wildman–Crippen LogP) is 18.9. The highest BCUT2D eigenvalue weighted by molar-refractivity contribution is 5.71. The van der Waals surface area contributed by atoms with Gasteiger partial charge in [0.15, 0.2) is 6.10 Å². The van der Waals surface area contributed by atoms with Crippen molar-refractivity contribution in [3.8, 4) is 0 Å². The summed E-state index contributed by atoms with van der Waals surface area (Å²) in [6.45, 7) is 6.35. The fraction of sp³-hybridized carbons (Fsp3) is 0.694. The molecule has 0 saturated carbocycles. The van der Waals surface area contributed by atoms with Crippen molar-refractivity contribution >= 4 is 17.9 Å². The Morgan fingerprint density at radius 1 is 0.309 bits per heavy atom. The van der Waals surface area contributed by atoms with Gasteiger partial charge in [-0.2, -0.15) is 0 Å². The topological polar surface area (TPSA) is 78.9 Å². The van der Waals surface area contributed by atoms with E-state index in [4.69, 9.17) is 14.2 Å². The summed E-state index contributed by atoms with van der Waals surface area (Å²) in [7, 11) is 0. The molecule has 0 amide bonds. The van der Waals surface area contributed by atoms with Crippen molar-refractivity contribution in [2.75, 3.05) is 13.2 Å². The van der Waals surface area contributed by atoms with Crippen molar-refractivity contribution in [3.05, 3.63) is 97.2 Å². The van der Waals surface area contributed by atoms with E-state index in [0.29, 0.717) is 19.3 Å². The molecule has 0 aliphatic carbocycles. The van der Waals surface area contributed by atoms with E-state index in [0.717, 1.165) is 89.9 Å². The van der Waals surface area contributed by atoms with Crippen LogP contribution < -0.4 is 0 Å². The highest BCUT2D eigenvalue weighted by atomic mass is 16.6. The SMILES string of the molecule is CC/C=C\C/C=C\C/C=C\C/C=C\CCCCCCCCCCCCC(=O)OCC(COC(=O)CC/C=C\C/C=C\C/C=C\C/C=C\CC)OC(=O)CCCCCCCCCCCCCCCC. The second-order valence-electron chi connectivity index (χ2n) is 18.4. The van der Waals surface area contributed by atoms with Gasteiger partial charge in [-0.25, -0.2) is 0 Å². The van der Waals surface area contributed by atoms with Crippen LogP contribution in [-0.4, -0.2) is 37.2 Å². The standard InChI is InChI=1S/C62H104O6/c1-4-7-10-13-16-19-22-25-27-28-29-30-31-32-33-34-35-38-40-43-46-49-52-55-61(64)67-58-59(57-66-60(63)54-51-48-45-42-39-36-24-21-18-15-12-9-6-3)68-62(65)56-53-50-47-44-41-37-26-23-20-17-14-11-8-5-2/h7,9-10,12,16,18-19,21,25,27,29-30,36,39,45,48,59H,4-6,8,11,13-15,17,20,22-24,26,28,31-35,37-38,40-44,46-47,49-58H2,1-3H3/b10-7-,12-9-,19-16-,21-18-,27-25-,30-29-,39-36-,48-45-. The van der Waals surface area contributed by atoms with Crippen molar-refractivity contribution in [1.29, 1.82) is 0 Å². The Morgan fingerprint density at radius 3 is 0.985 bits per heavy atom. The van der Waals surface area contributed by atoms with E-state index in [1.54, 1.807) is 0 Å². The lowest BCUT2D eigenvalue weighted by Crippen LogP contribution is -2.30. The molecule has 6 heteroatoms. The Hall–Kier alpha value is -3.67. The largest absolute Gasteiger partial charge is 0.462 e. The molecule has 0 aliphatic rings. The van der Waals surface area contributed by atoms with Gasteiger partial charge in [0.05, 0.1) is 0 Å². The molecule has 0 radical (unpaired) electrons. The maximum absolute atomic E-state index is 12.8. The maximum Gasteiger partial charge on any atom is 0.306 e. The van der Waals surface area contributed by atoms with Gasteiger partial charge in [0, 0.05) is 19.3 Å². The summed E-state index contributed by atoms with van der Waals surface area (Å²) in [4.78, 5) is 38.1. The summed E-state index contributed by atoms with van der Waals surface area (Å²) in [5.74, 6) is -0.985. The minimum atomic E-state index is -0.806. The van der Waals surface area contributed by atoms with Crippen LogP contribution in [0.5, 0.6) is 0 Å². The van der Waals surface area contributed by atoms with E-state index in [1.807, 2.05) is 6.08 Å². The number of esters is 3. The van der Waals surface area contributed by atoms with E-state index < -0.39 is 6.10 Å². The van der Waals surface area contributed by atoms with Crippen molar-refractivity contribution in [1.82, 2.24) is 0 Å². The van der Waals surface area contributed by atoms with Crippen LogP contribution in [0.2, 0.25) is 0 Å². The molecule has 6 nitrogen and oxygen atoms in total. The first kappa shape index (κ1) is 64.3. The van der Waals surface area contributed by atoms with Crippen LogP contribution in [-0.2, 0) is 28.6 Å². The lowest BCUT2D eigenvalue weighted by Gasteiger charge is -2.18. The molecule has 388 valence electrons. The van der Waals surface area contributed by atoms with Gasteiger partial charge in [-0.1, -0.05) is 253 Å². The molecule has 68 heavy (non-hydrogen) atoms. The van der Waals surface area contributed by atoms with Crippen LogP contribution in [0.4, 0.5) is 0 Å². The number of unbranched alkanes of at least 4 members (excludes halogenated alkanes) is 23. The molecule has 0 rings (SSSR count). The summed E-state index contributed by atoms with van der Waals surface area (Å²) in [6, 6.07) is 0. The molecule has 0 N–H and O–H groups in total. The third kappa shape index (κ3) is 53.3. The molecule has 1 atom stereocenters. The molecule has 0 fully saturated rings. The Bertz CT molecular complexity index is 1360. The van der Waals surface area contributed by atoms with Crippen LogP contribution >= 0.6 is 0 Å². The van der Waals surface area contributed by atoms with Crippen molar-refractivity contribution in [2.24, 2.45) is 0 Å². The zero-order valence-electron chi connectivity index (χ0n) is 44.3. The van der Waals surface area contributed by atoms with Gasteiger partial charge < -0.3 is 14.2 Å². The third-order valence-corrected chi connectivity index (χ3v) is 11.8. The summed E-state index contributed by atoms with van der Waals surface area (Å²) < 4.78 is 16.8. The summed E-state index contributed by atoms with van der Waals surface area (Å²) in [6.07, 6.45) is 74.1. The second kappa shape index (κ2) is 55.9.